The van der Waals surface area contributed by atoms with Crippen molar-refractivity contribution in [1.29, 1.82) is 0 Å². The predicted molar refractivity (Wildman–Crippen MR) is 112 cm³/mol. The fourth-order valence-corrected chi connectivity index (χ4v) is 3.65. The van der Waals surface area contributed by atoms with Gasteiger partial charge in [-0.25, -0.2) is 14.6 Å². The molecule has 0 saturated carbocycles. The molecular weight excluding hydrogens is 368 g/mol. The lowest BCUT2D eigenvalue weighted by Gasteiger charge is -2.21. The molecule has 4 heterocycles. The van der Waals surface area contributed by atoms with Crippen molar-refractivity contribution in [3.63, 3.8) is 0 Å². The summed E-state index contributed by atoms with van der Waals surface area (Å²) in [5, 5.41) is 4.50. The third-order valence-corrected chi connectivity index (χ3v) is 5.32. The lowest BCUT2D eigenvalue weighted by Crippen LogP contribution is -2.31. The quantitative estimate of drug-likeness (QED) is 0.636. The monoisotopic (exact) mass is 394 g/mol. The maximum absolute atomic E-state index is 5.39. The highest BCUT2D eigenvalue weighted by molar-refractivity contribution is 5.63. The van der Waals surface area contributed by atoms with E-state index in [-0.39, 0.29) is 0 Å². The number of ether oxygens (including phenoxy) is 2. The molecule has 1 fully saturated rings. The maximum Gasteiger partial charge on any atom is 0.256 e. The summed E-state index contributed by atoms with van der Waals surface area (Å²) in [6.45, 7) is 1.99. The van der Waals surface area contributed by atoms with Gasteiger partial charge in [0, 0.05) is 30.9 Å². The number of likely N-dealkylation sites (N-methyl/N-ethyl adjacent to an activating group) is 1. The first-order valence-corrected chi connectivity index (χ1v) is 9.62. The van der Waals surface area contributed by atoms with Gasteiger partial charge >= 0.3 is 0 Å². The molecular formula is C21H26N6O2. The molecule has 4 rings (SSSR count). The van der Waals surface area contributed by atoms with E-state index < -0.39 is 0 Å². The van der Waals surface area contributed by atoms with Crippen molar-refractivity contribution in [1.82, 2.24) is 24.6 Å². The second-order valence-electron chi connectivity index (χ2n) is 7.27. The lowest BCUT2D eigenvalue weighted by molar-refractivity contribution is 0.315. The Labute approximate surface area is 170 Å². The second kappa shape index (κ2) is 8.08. The highest BCUT2D eigenvalue weighted by Crippen LogP contribution is 2.31. The number of anilines is 1. The molecule has 3 aromatic heterocycles. The number of nitrogens with zero attached hydrogens (tertiary/aromatic N) is 6. The molecule has 8 nitrogen and oxygen atoms in total. The normalized spacial score (nSPS) is 16.4. The summed E-state index contributed by atoms with van der Waals surface area (Å²) in [6, 6.07) is 10.4. The minimum atomic E-state index is 0.451. The van der Waals surface area contributed by atoms with Crippen LogP contribution in [-0.2, 0) is 0 Å². The highest BCUT2D eigenvalue weighted by Gasteiger charge is 2.25. The van der Waals surface area contributed by atoms with Crippen LogP contribution in [0.15, 0.2) is 42.7 Å². The zero-order chi connectivity index (χ0) is 20.4. The Bertz CT molecular complexity index is 987. The first kappa shape index (κ1) is 19.2. The summed E-state index contributed by atoms with van der Waals surface area (Å²) in [6.07, 6.45) is 4.66. The Morgan fingerprint density at radius 3 is 2.66 bits per heavy atom. The largest absolute Gasteiger partial charge is 0.491 e. The van der Waals surface area contributed by atoms with E-state index in [1.54, 1.807) is 26.6 Å². The fourth-order valence-electron chi connectivity index (χ4n) is 3.65. The van der Waals surface area contributed by atoms with Crippen LogP contribution in [0.2, 0.25) is 0 Å². The van der Waals surface area contributed by atoms with Crippen LogP contribution in [0.5, 0.6) is 11.6 Å². The summed E-state index contributed by atoms with van der Waals surface area (Å²) in [5.41, 5.74) is 1.76. The van der Waals surface area contributed by atoms with Crippen molar-refractivity contribution >= 4 is 5.82 Å². The van der Waals surface area contributed by atoms with Crippen LogP contribution >= 0.6 is 0 Å². The summed E-state index contributed by atoms with van der Waals surface area (Å²) in [5.74, 6) is 2.77. The number of rotatable bonds is 6. The van der Waals surface area contributed by atoms with Crippen LogP contribution in [0.4, 0.5) is 5.82 Å². The molecule has 0 aliphatic carbocycles. The van der Waals surface area contributed by atoms with Gasteiger partial charge in [-0.15, -0.1) is 0 Å². The van der Waals surface area contributed by atoms with Crippen LogP contribution in [0.1, 0.15) is 6.42 Å². The average molecular weight is 394 g/mol. The Morgan fingerprint density at radius 2 is 1.93 bits per heavy atom. The molecule has 0 spiro atoms. The zero-order valence-electron chi connectivity index (χ0n) is 17.2. The summed E-state index contributed by atoms with van der Waals surface area (Å²) in [7, 11) is 7.43. The van der Waals surface area contributed by atoms with Crippen molar-refractivity contribution < 1.29 is 9.47 Å². The standard InChI is InChI=1S/C21H26N6O2/c1-25(2)16-9-11-26(14-16)19-6-5-7-20(24-19)27-17(8-10-23-27)15-12-18(28-3)21(29-4)22-13-15/h5-8,10,12-13,16H,9,11,14H2,1-4H3/t16-/m0/s1. The van der Waals surface area contributed by atoms with E-state index in [4.69, 9.17) is 14.5 Å². The van der Waals surface area contributed by atoms with Crippen molar-refractivity contribution in [2.75, 3.05) is 46.3 Å². The molecule has 1 saturated heterocycles. The summed E-state index contributed by atoms with van der Waals surface area (Å²) in [4.78, 5) is 13.8. The van der Waals surface area contributed by atoms with Gasteiger partial charge < -0.3 is 19.3 Å². The lowest BCUT2D eigenvalue weighted by atomic mass is 10.2. The SMILES string of the molecule is COc1cc(-c2ccnn2-c2cccc(N3CC[C@H](N(C)C)C3)n2)cnc1OC. The van der Waals surface area contributed by atoms with E-state index in [0.29, 0.717) is 17.7 Å². The van der Waals surface area contributed by atoms with Gasteiger partial charge in [0.15, 0.2) is 11.6 Å². The molecule has 0 amide bonds. The summed E-state index contributed by atoms with van der Waals surface area (Å²) < 4.78 is 12.5. The highest BCUT2D eigenvalue weighted by atomic mass is 16.5. The average Bonchev–Trinajstić information content (AvgIpc) is 3.43. The van der Waals surface area contributed by atoms with Crippen LogP contribution in [0.3, 0.4) is 0 Å². The molecule has 1 atom stereocenters. The number of methoxy groups -OCH3 is 2. The van der Waals surface area contributed by atoms with E-state index >= 15 is 0 Å². The Morgan fingerprint density at radius 1 is 1.10 bits per heavy atom. The predicted octanol–water partition coefficient (Wildman–Crippen LogP) is 2.49. The fraction of sp³-hybridized carbons (Fsp3) is 0.381. The van der Waals surface area contributed by atoms with E-state index in [9.17, 15) is 0 Å². The second-order valence-corrected chi connectivity index (χ2v) is 7.27. The third-order valence-electron chi connectivity index (χ3n) is 5.32. The molecule has 0 radical (unpaired) electrons. The molecule has 0 aromatic carbocycles. The molecule has 3 aromatic rings. The molecule has 152 valence electrons. The van der Waals surface area contributed by atoms with Gasteiger partial charge in [-0.2, -0.15) is 5.10 Å². The molecule has 0 unspecified atom stereocenters. The van der Waals surface area contributed by atoms with Crippen molar-refractivity contribution in [3.05, 3.63) is 42.7 Å². The van der Waals surface area contributed by atoms with E-state index in [1.165, 1.54) is 0 Å². The molecule has 29 heavy (non-hydrogen) atoms. The van der Waals surface area contributed by atoms with Crippen LogP contribution in [0.25, 0.3) is 17.1 Å². The van der Waals surface area contributed by atoms with E-state index in [1.807, 2.05) is 28.9 Å². The number of hydrogen-bond acceptors (Lipinski definition) is 7. The van der Waals surface area contributed by atoms with Crippen molar-refractivity contribution in [2.24, 2.45) is 0 Å². The Balaban J connectivity index is 1.66. The van der Waals surface area contributed by atoms with Gasteiger partial charge in [0.05, 0.1) is 26.1 Å². The molecule has 0 bridgehead atoms. The molecule has 0 N–H and O–H groups in total. The van der Waals surface area contributed by atoms with Crippen molar-refractivity contribution in [3.8, 4) is 28.7 Å². The number of aromatic nitrogens is 4. The number of hydrogen-bond donors (Lipinski definition) is 0. The van der Waals surface area contributed by atoms with Gasteiger partial charge in [-0.1, -0.05) is 6.07 Å². The van der Waals surface area contributed by atoms with E-state index in [0.717, 1.165) is 42.4 Å². The van der Waals surface area contributed by atoms with Gasteiger partial charge in [-0.05, 0) is 44.8 Å². The molecule has 1 aliphatic rings. The van der Waals surface area contributed by atoms with Gasteiger partial charge in [0.2, 0.25) is 0 Å². The topological polar surface area (TPSA) is 68.5 Å². The number of pyridine rings is 2. The first-order chi connectivity index (χ1) is 14.1. The van der Waals surface area contributed by atoms with Gasteiger partial charge in [0.1, 0.15) is 5.82 Å². The van der Waals surface area contributed by atoms with Gasteiger partial charge in [-0.3, -0.25) is 0 Å². The Hall–Kier alpha value is -3.13. The zero-order valence-corrected chi connectivity index (χ0v) is 17.2. The Kier molecular flexibility index (Phi) is 5.35. The molecule has 8 heteroatoms. The van der Waals surface area contributed by atoms with Crippen LogP contribution in [-0.4, -0.2) is 72.1 Å². The minimum absolute atomic E-state index is 0.451. The minimum Gasteiger partial charge on any atom is -0.491 e. The van der Waals surface area contributed by atoms with E-state index in [2.05, 4.69) is 40.0 Å². The molecule has 1 aliphatic heterocycles. The van der Waals surface area contributed by atoms with Crippen LogP contribution < -0.4 is 14.4 Å². The van der Waals surface area contributed by atoms with Crippen LogP contribution in [0, 0.1) is 0 Å². The maximum atomic E-state index is 5.39. The summed E-state index contributed by atoms with van der Waals surface area (Å²) >= 11 is 0. The van der Waals surface area contributed by atoms with Crippen molar-refractivity contribution in [2.45, 2.75) is 12.5 Å². The van der Waals surface area contributed by atoms with Gasteiger partial charge in [0.25, 0.3) is 5.88 Å². The first-order valence-electron chi connectivity index (χ1n) is 9.62. The smallest absolute Gasteiger partial charge is 0.256 e. The third kappa shape index (κ3) is 3.75.